The van der Waals surface area contributed by atoms with Crippen LogP contribution in [0.2, 0.25) is 0 Å². The van der Waals surface area contributed by atoms with Crippen molar-refractivity contribution in [1.82, 2.24) is 0 Å². The second kappa shape index (κ2) is 4.80. The molecule has 0 fully saturated rings. The van der Waals surface area contributed by atoms with E-state index in [-0.39, 0.29) is 16.8 Å². The highest BCUT2D eigenvalue weighted by molar-refractivity contribution is 6.33. The summed E-state index contributed by atoms with van der Waals surface area (Å²) in [6, 6.07) is 4.56. The predicted molar refractivity (Wildman–Crippen MR) is 79.3 cm³/mol. The van der Waals surface area contributed by atoms with Crippen LogP contribution < -0.4 is 5.32 Å². The maximum atomic E-state index is 12.7. The lowest BCUT2D eigenvalue weighted by Crippen LogP contribution is -2.23. The van der Waals surface area contributed by atoms with Gasteiger partial charge in [0.1, 0.15) is 17.1 Å². The zero-order valence-electron chi connectivity index (χ0n) is 11.8. The van der Waals surface area contributed by atoms with Gasteiger partial charge in [-0.3, -0.25) is 19.7 Å². The molecule has 1 aliphatic rings. The average molecular weight is 314 g/mol. The normalized spacial score (nSPS) is 12.6. The van der Waals surface area contributed by atoms with E-state index < -0.39 is 44.8 Å². The van der Waals surface area contributed by atoms with Crippen molar-refractivity contribution >= 4 is 22.9 Å². The van der Waals surface area contributed by atoms with Gasteiger partial charge in [-0.15, -0.1) is 0 Å². The number of ketones is 2. The van der Waals surface area contributed by atoms with E-state index in [4.69, 9.17) is 0 Å². The highest BCUT2D eigenvalue weighted by atomic mass is 16.6. The molecule has 23 heavy (non-hydrogen) atoms. The first kappa shape index (κ1) is 14.5. The summed E-state index contributed by atoms with van der Waals surface area (Å²) in [7, 11) is 1.52. The number of benzene rings is 2. The van der Waals surface area contributed by atoms with Crippen LogP contribution >= 0.6 is 0 Å². The molecule has 8 heteroatoms. The number of nitro groups is 1. The van der Waals surface area contributed by atoms with Gasteiger partial charge in [0, 0.05) is 18.8 Å². The fourth-order valence-electron chi connectivity index (χ4n) is 2.71. The lowest BCUT2D eigenvalue weighted by Gasteiger charge is -2.21. The number of phenolic OH excluding ortho intramolecular Hbond substituents is 2. The van der Waals surface area contributed by atoms with Crippen LogP contribution in [0.5, 0.6) is 11.5 Å². The van der Waals surface area contributed by atoms with E-state index in [2.05, 4.69) is 5.32 Å². The van der Waals surface area contributed by atoms with Crippen molar-refractivity contribution in [2.75, 3.05) is 12.4 Å². The smallest absolute Gasteiger partial charge is 0.281 e. The summed E-state index contributed by atoms with van der Waals surface area (Å²) in [5, 5.41) is 33.7. The van der Waals surface area contributed by atoms with Gasteiger partial charge < -0.3 is 15.5 Å². The molecule has 0 heterocycles. The van der Waals surface area contributed by atoms with Crippen molar-refractivity contribution in [2.24, 2.45) is 0 Å². The fraction of sp³-hybridized carbons (Fsp3) is 0.0667. The molecular weight excluding hydrogens is 304 g/mol. The number of carbonyl (C=O) groups excluding carboxylic acids is 2. The van der Waals surface area contributed by atoms with E-state index in [1.807, 2.05) is 0 Å². The number of fused-ring (bicyclic) bond motifs is 2. The third-order valence-corrected chi connectivity index (χ3v) is 3.72. The molecule has 0 unspecified atom stereocenters. The van der Waals surface area contributed by atoms with E-state index >= 15 is 0 Å². The van der Waals surface area contributed by atoms with Crippen molar-refractivity contribution in [3.8, 4) is 11.5 Å². The number of hydrogen-bond acceptors (Lipinski definition) is 7. The fourth-order valence-corrected chi connectivity index (χ4v) is 2.71. The number of rotatable bonds is 2. The van der Waals surface area contributed by atoms with Gasteiger partial charge in [-0.2, -0.15) is 0 Å². The van der Waals surface area contributed by atoms with Crippen molar-refractivity contribution < 1.29 is 24.7 Å². The third kappa shape index (κ3) is 1.85. The Bertz CT molecular complexity index is 903. The highest BCUT2D eigenvalue weighted by Crippen LogP contribution is 2.42. The summed E-state index contributed by atoms with van der Waals surface area (Å²) < 4.78 is 0. The average Bonchev–Trinajstić information content (AvgIpc) is 2.51. The number of carbonyl (C=O) groups is 2. The number of aromatic hydroxyl groups is 2. The molecule has 3 rings (SSSR count). The van der Waals surface area contributed by atoms with E-state index in [9.17, 15) is 29.9 Å². The van der Waals surface area contributed by atoms with Gasteiger partial charge in [0.25, 0.3) is 5.69 Å². The molecule has 0 spiro atoms. The van der Waals surface area contributed by atoms with Crippen LogP contribution in [0.3, 0.4) is 0 Å². The van der Waals surface area contributed by atoms with Crippen molar-refractivity contribution in [3.63, 3.8) is 0 Å². The number of anilines is 1. The molecule has 0 saturated heterocycles. The number of nitrogens with zero attached hydrogens (tertiary/aromatic N) is 1. The molecule has 0 saturated carbocycles. The largest absolute Gasteiger partial charge is 0.507 e. The standard InChI is InChI=1S/C15H10N2O6/c1-16-6-2-4-8(18)12-10(6)14(20)13-9(19)5-3-7(17(22)23)11(13)15(12)21/h2-5,16,18-19H,1H3. The molecule has 2 aromatic rings. The zero-order valence-corrected chi connectivity index (χ0v) is 11.8. The molecule has 0 amide bonds. The van der Waals surface area contributed by atoms with Gasteiger partial charge in [0.05, 0.1) is 21.6 Å². The Morgan fingerprint density at radius 3 is 2.00 bits per heavy atom. The third-order valence-electron chi connectivity index (χ3n) is 3.72. The first-order chi connectivity index (χ1) is 10.9. The molecular formula is C15H10N2O6. The number of phenols is 2. The first-order valence-electron chi connectivity index (χ1n) is 6.52. The van der Waals surface area contributed by atoms with Crippen LogP contribution in [0.25, 0.3) is 0 Å². The Morgan fingerprint density at radius 1 is 0.913 bits per heavy atom. The molecule has 1 aliphatic carbocycles. The van der Waals surface area contributed by atoms with Crippen molar-refractivity contribution in [3.05, 3.63) is 56.6 Å². The van der Waals surface area contributed by atoms with Crippen LogP contribution in [0, 0.1) is 10.1 Å². The van der Waals surface area contributed by atoms with Gasteiger partial charge in [0.15, 0.2) is 0 Å². The highest BCUT2D eigenvalue weighted by Gasteiger charge is 2.40. The van der Waals surface area contributed by atoms with Gasteiger partial charge in [-0.05, 0) is 18.2 Å². The second-order valence-corrected chi connectivity index (χ2v) is 4.90. The Hall–Kier alpha value is -3.42. The number of nitrogens with one attached hydrogen (secondary N) is 1. The SMILES string of the molecule is CNc1ccc(O)c2c1C(=O)c1c(O)ccc([N+](=O)[O-])c1C2=O. The van der Waals surface area contributed by atoms with E-state index in [0.29, 0.717) is 0 Å². The molecule has 8 nitrogen and oxygen atoms in total. The van der Waals surface area contributed by atoms with Gasteiger partial charge >= 0.3 is 0 Å². The minimum atomic E-state index is -0.883. The summed E-state index contributed by atoms with van der Waals surface area (Å²) in [5.74, 6) is -2.64. The number of hydrogen-bond donors (Lipinski definition) is 3. The Morgan fingerprint density at radius 2 is 1.43 bits per heavy atom. The lowest BCUT2D eigenvalue weighted by molar-refractivity contribution is -0.385. The molecule has 0 aromatic heterocycles. The summed E-state index contributed by atoms with van der Waals surface area (Å²) >= 11 is 0. The summed E-state index contributed by atoms with van der Waals surface area (Å²) in [4.78, 5) is 35.7. The molecule has 0 aliphatic heterocycles. The monoisotopic (exact) mass is 314 g/mol. The van der Waals surface area contributed by atoms with Crippen molar-refractivity contribution in [2.45, 2.75) is 0 Å². The quantitative estimate of drug-likeness (QED) is 0.373. The van der Waals surface area contributed by atoms with E-state index in [1.165, 1.54) is 19.2 Å². The van der Waals surface area contributed by atoms with E-state index in [0.717, 1.165) is 12.1 Å². The zero-order chi connectivity index (χ0) is 16.9. The van der Waals surface area contributed by atoms with E-state index in [1.54, 1.807) is 0 Å². The van der Waals surface area contributed by atoms with Gasteiger partial charge in [0.2, 0.25) is 11.6 Å². The topological polar surface area (TPSA) is 130 Å². The second-order valence-electron chi connectivity index (χ2n) is 4.90. The first-order valence-corrected chi connectivity index (χ1v) is 6.52. The summed E-state index contributed by atoms with van der Waals surface area (Å²) in [6.07, 6.45) is 0. The van der Waals surface area contributed by atoms with Crippen LogP contribution in [0.4, 0.5) is 11.4 Å². The Labute approximate surface area is 129 Å². The van der Waals surface area contributed by atoms with Crippen molar-refractivity contribution in [1.29, 1.82) is 0 Å². The maximum Gasteiger partial charge on any atom is 0.281 e. The molecule has 3 N–H and O–H groups in total. The lowest BCUT2D eigenvalue weighted by atomic mass is 9.81. The molecule has 2 aromatic carbocycles. The minimum Gasteiger partial charge on any atom is -0.507 e. The molecule has 0 bridgehead atoms. The Balaban J connectivity index is 2.45. The van der Waals surface area contributed by atoms with Crippen LogP contribution in [0.1, 0.15) is 31.8 Å². The minimum absolute atomic E-state index is 0.124. The van der Waals surface area contributed by atoms with Crippen LogP contribution in [-0.4, -0.2) is 33.8 Å². The summed E-state index contributed by atoms with van der Waals surface area (Å²) in [6.45, 7) is 0. The van der Waals surface area contributed by atoms with Gasteiger partial charge in [-0.25, -0.2) is 0 Å². The number of nitro benzene ring substituents is 1. The maximum absolute atomic E-state index is 12.7. The Kier molecular flexibility index (Phi) is 3.03. The predicted octanol–water partition coefficient (Wildman–Crippen LogP) is 1.82. The van der Waals surface area contributed by atoms with Crippen LogP contribution in [-0.2, 0) is 0 Å². The molecule has 0 atom stereocenters. The molecule has 116 valence electrons. The molecule has 0 radical (unpaired) electrons. The van der Waals surface area contributed by atoms with Gasteiger partial charge in [-0.1, -0.05) is 0 Å². The summed E-state index contributed by atoms with van der Waals surface area (Å²) in [5.41, 5.74) is -1.72. The van der Waals surface area contributed by atoms with Crippen LogP contribution in [0.15, 0.2) is 24.3 Å².